The number of cyclic esters (lactones) is 1. The van der Waals surface area contributed by atoms with E-state index in [0.717, 1.165) is 0 Å². The summed E-state index contributed by atoms with van der Waals surface area (Å²) in [5.41, 5.74) is -0.865. The van der Waals surface area contributed by atoms with Crippen molar-refractivity contribution in [3.8, 4) is 0 Å². The molecule has 0 aliphatic carbocycles. The van der Waals surface area contributed by atoms with Gasteiger partial charge in [-0.25, -0.2) is 9.59 Å². The lowest BCUT2D eigenvalue weighted by Gasteiger charge is -2.21. The minimum atomic E-state index is -1.64. The first-order chi connectivity index (χ1) is 7.52. The van der Waals surface area contributed by atoms with E-state index < -0.39 is 28.2 Å². The molecule has 0 amide bonds. The van der Waals surface area contributed by atoms with E-state index >= 15 is 0 Å². The molecule has 1 N–H and O–H groups in total. The molecule has 6 heteroatoms. The highest BCUT2D eigenvalue weighted by atomic mass is 32.2. The molecule has 0 bridgehead atoms. The average Bonchev–Trinajstić information content (AvgIpc) is 2.25. The number of rotatable bonds is 1. The molecule has 1 aromatic carbocycles. The summed E-state index contributed by atoms with van der Waals surface area (Å²) in [6.07, 6.45) is 0. The lowest BCUT2D eigenvalue weighted by Crippen LogP contribution is -2.29. The fourth-order valence-electron chi connectivity index (χ4n) is 1.51. The Morgan fingerprint density at radius 2 is 2.19 bits per heavy atom. The highest BCUT2D eigenvalue weighted by Gasteiger charge is 2.33. The molecule has 0 saturated carbocycles. The van der Waals surface area contributed by atoms with Gasteiger partial charge in [0.1, 0.15) is 0 Å². The first-order valence-corrected chi connectivity index (χ1v) is 5.71. The van der Waals surface area contributed by atoms with Crippen molar-refractivity contribution in [2.24, 2.45) is 0 Å². The SMILES string of the molecule is CC1OC(=O)c2cccc(C(=O)O)c2S1=O. The monoisotopic (exact) mass is 240 g/mol. The summed E-state index contributed by atoms with van der Waals surface area (Å²) in [4.78, 5) is 22.5. The Labute approximate surface area is 93.5 Å². The number of aromatic carboxylic acids is 1. The lowest BCUT2D eigenvalue weighted by molar-refractivity contribution is 0.0455. The normalized spacial score (nSPS) is 23.4. The Bertz CT molecular complexity index is 494. The lowest BCUT2D eigenvalue weighted by atomic mass is 10.1. The van der Waals surface area contributed by atoms with Gasteiger partial charge in [0, 0.05) is 0 Å². The predicted molar refractivity (Wildman–Crippen MR) is 54.7 cm³/mol. The molecule has 0 saturated heterocycles. The van der Waals surface area contributed by atoms with Crippen molar-refractivity contribution >= 4 is 22.7 Å². The first-order valence-electron chi connectivity index (χ1n) is 4.50. The number of carboxylic acid groups (broad SMARTS) is 1. The molecule has 1 aromatic rings. The van der Waals surface area contributed by atoms with Gasteiger partial charge in [0.05, 0.1) is 26.8 Å². The maximum atomic E-state index is 11.9. The molecular weight excluding hydrogens is 232 g/mol. The summed E-state index contributed by atoms with van der Waals surface area (Å²) in [7, 11) is -1.64. The minimum Gasteiger partial charge on any atom is -0.478 e. The van der Waals surface area contributed by atoms with Crippen LogP contribution in [-0.2, 0) is 15.5 Å². The van der Waals surface area contributed by atoms with Gasteiger partial charge in [0.2, 0.25) is 0 Å². The molecular formula is C10H8O5S. The zero-order valence-electron chi connectivity index (χ0n) is 8.30. The van der Waals surface area contributed by atoms with E-state index in [9.17, 15) is 13.8 Å². The van der Waals surface area contributed by atoms with E-state index in [1.807, 2.05) is 0 Å². The Morgan fingerprint density at radius 1 is 1.50 bits per heavy atom. The van der Waals surface area contributed by atoms with Crippen LogP contribution in [0.3, 0.4) is 0 Å². The van der Waals surface area contributed by atoms with E-state index in [-0.39, 0.29) is 16.0 Å². The van der Waals surface area contributed by atoms with Crippen LogP contribution in [0.1, 0.15) is 27.6 Å². The van der Waals surface area contributed by atoms with Crippen LogP contribution in [0.25, 0.3) is 0 Å². The number of carbonyl (C=O) groups excluding carboxylic acids is 1. The van der Waals surface area contributed by atoms with Gasteiger partial charge in [-0.2, -0.15) is 0 Å². The molecule has 5 nitrogen and oxygen atoms in total. The average molecular weight is 240 g/mol. The van der Waals surface area contributed by atoms with Crippen LogP contribution in [0.4, 0.5) is 0 Å². The fourth-order valence-corrected chi connectivity index (χ4v) is 2.75. The van der Waals surface area contributed by atoms with Crippen LogP contribution in [0.5, 0.6) is 0 Å². The summed E-state index contributed by atoms with van der Waals surface area (Å²) in [6.45, 7) is 1.47. The number of carboxylic acids is 1. The quantitative estimate of drug-likeness (QED) is 0.741. The van der Waals surface area contributed by atoms with Crippen molar-refractivity contribution in [2.75, 3.05) is 0 Å². The summed E-state index contributed by atoms with van der Waals surface area (Å²) in [5.74, 6) is -1.84. The maximum absolute atomic E-state index is 11.9. The van der Waals surface area contributed by atoms with Gasteiger partial charge in [-0.15, -0.1) is 0 Å². The molecule has 16 heavy (non-hydrogen) atoms. The summed E-state index contributed by atoms with van der Waals surface area (Å²) in [6, 6.07) is 4.16. The summed E-state index contributed by atoms with van der Waals surface area (Å²) in [5, 5.41) is 8.94. The van der Waals surface area contributed by atoms with E-state index in [2.05, 4.69) is 0 Å². The van der Waals surface area contributed by atoms with E-state index in [1.165, 1.54) is 25.1 Å². The molecule has 2 rings (SSSR count). The number of esters is 1. The van der Waals surface area contributed by atoms with Gasteiger partial charge in [-0.1, -0.05) is 6.07 Å². The standard InChI is InChI=1S/C10H8O5S/c1-5-15-10(13)7-4-2-3-6(9(11)12)8(7)16(5)14/h2-5H,1H3,(H,11,12). The molecule has 0 aromatic heterocycles. The number of ether oxygens (including phenoxy) is 1. The number of carbonyl (C=O) groups is 2. The number of fused-ring (bicyclic) bond motifs is 1. The second-order valence-corrected chi connectivity index (χ2v) is 4.92. The van der Waals surface area contributed by atoms with Gasteiger partial charge in [-0.3, -0.25) is 4.21 Å². The molecule has 1 heterocycles. The number of hydrogen-bond acceptors (Lipinski definition) is 4. The van der Waals surface area contributed by atoms with Crippen LogP contribution < -0.4 is 0 Å². The second kappa shape index (κ2) is 3.71. The van der Waals surface area contributed by atoms with Crippen molar-refractivity contribution in [2.45, 2.75) is 17.3 Å². The molecule has 0 spiro atoms. The molecule has 2 unspecified atom stereocenters. The highest BCUT2D eigenvalue weighted by molar-refractivity contribution is 7.85. The highest BCUT2D eigenvalue weighted by Crippen LogP contribution is 2.27. The number of benzene rings is 1. The molecule has 1 aliphatic rings. The Balaban J connectivity index is 2.72. The van der Waals surface area contributed by atoms with Gasteiger partial charge >= 0.3 is 11.9 Å². The Kier molecular flexibility index (Phi) is 2.51. The van der Waals surface area contributed by atoms with E-state index in [1.54, 1.807) is 0 Å². The van der Waals surface area contributed by atoms with Crippen molar-refractivity contribution < 1.29 is 23.6 Å². The third-order valence-electron chi connectivity index (χ3n) is 2.24. The molecule has 1 aliphatic heterocycles. The predicted octanol–water partition coefficient (Wildman–Crippen LogP) is 1.01. The van der Waals surface area contributed by atoms with Crippen molar-refractivity contribution in [1.82, 2.24) is 0 Å². The van der Waals surface area contributed by atoms with Crippen LogP contribution in [0, 0.1) is 0 Å². The van der Waals surface area contributed by atoms with Gasteiger partial charge in [0.25, 0.3) is 0 Å². The van der Waals surface area contributed by atoms with Crippen molar-refractivity contribution in [3.63, 3.8) is 0 Å². The van der Waals surface area contributed by atoms with Crippen LogP contribution >= 0.6 is 0 Å². The van der Waals surface area contributed by atoms with Crippen LogP contribution in [0.2, 0.25) is 0 Å². The van der Waals surface area contributed by atoms with Crippen LogP contribution in [-0.4, -0.2) is 26.7 Å². The van der Waals surface area contributed by atoms with Gasteiger partial charge < -0.3 is 9.84 Å². The zero-order valence-corrected chi connectivity index (χ0v) is 9.11. The largest absolute Gasteiger partial charge is 0.478 e. The fraction of sp³-hybridized carbons (Fsp3) is 0.200. The maximum Gasteiger partial charge on any atom is 0.340 e. The summed E-state index contributed by atoms with van der Waals surface area (Å²) >= 11 is 0. The summed E-state index contributed by atoms with van der Waals surface area (Å²) < 4.78 is 16.7. The third kappa shape index (κ3) is 1.51. The van der Waals surface area contributed by atoms with E-state index in [0.29, 0.717) is 0 Å². The Morgan fingerprint density at radius 3 is 2.81 bits per heavy atom. The smallest absolute Gasteiger partial charge is 0.340 e. The molecule has 84 valence electrons. The third-order valence-corrected chi connectivity index (χ3v) is 3.78. The Hall–Kier alpha value is -1.69. The second-order valence-electron chi connectivity index (χ2n) is 3.26. The van der Waals surface area contributed by atoms with Crippen LogP contribution in [0.15, 0.2) is 23.1 Å². The van der Waals surface area contributed by atoms with E-state index in [4.69, 9.17) is 9.84 Å². The van der Waals surface area contributed by atoms with Gasteiger partial charge in [0.15, 0.2) is 5.44 Å². The molecule has 0 radical (unpaired) electrons. The van der Waals surface area contributed by atoms with Gasteiger partial charge in [-0.05, 0) is 19.1 Å². The first kappa shape index (κ1) is 10.8. The molecule has 0 fully saturated rings. The zero-order chi connectivity index (χ0) is 11.9. The number of hydrogen-bond donors (Lipinski definition) is 1. The van der Waals surface area contributed by atoms with Crippen molar-refractivity contribution in [1.29, 1.82) is 0 Å². The molecule has 2 atom stereocenters. The minimum absolute atomic E-state index is 0.0544. The van der Waals surface area contributed by atoms with Crippen molar-refractivity contribution in [3.05, 3.63) is 29.3 Å². The topological polar surface area (TPSA) is 80.7 Å².